The number of methoxy groups -OCH3 is 1. The van der Waals surface area contributed by atoms with E-state index in [4.69, 9.17) is 33.0 Å². The van der Waals surface area contributed by atoms with Crippen molar-refractivity contribution < 1.29 is 18.7 Å². The van der Waals surface area contributed by atoms with Gasteiger partial charge in [-0.2, -0.15) is 0 Å². The highest BCUT2D eigenvalue weighted by molar-refractivity contribution is 8.26. The number of nitrogens with one attached hydrogen (secondary N) is 1. The summed E-state index contributed by atoms with van der Waals surface area (Å²) >= 11 is 12.7. The standard InChI is InChI=1S/C25H21ClN2O4S2/c1-31-17-8-6-16(7-9-17)12-13-27-23(29)15-28-24(30)22(34-25(28)33)14-18-10-11-21(32-18)19-4-2-3-5-20(19)26/h2-11,14H,12-13,15H2,1H3,(H,27,29). The van der Waals surface area contributed by atoms with Gasteiger partial charge < -0.3 is 14.5 Å². The molecule has 6 nitrogen and oxygen atoms in total. The molecule has 0 atom stereocenters. The molecule has 3 aromatic rings. The summed E-state index contributed by atoms with van der Waals surface area (Å²) in [5, 5.41) is 3.41. The Hall–Kier alpha value is -3.07. The summed E-state index contributed by atoms with van der Waals surface area (Å²) in [5.41, 5.74) is 1.84. The average molecular weight is 513 g/mol. The van der Waals surface area contributed by atoms with Gasteiger partial charge in [-0.15, -0.1) is 0 Å². The Kier molecular flexibility index (Phi) is 7.72. The van der Waals surface area contributed by atoms with Crippen molar-refractivity contribution in [3.05, 3.63) is 81.9 Å². The van der Waals surface area contributed by atoms with E-state index < -0.39 is 0 Å². The first kappa shape index (κ1) is 24.1. The largest absolute Gasteiger partial charge is 0.497 e. The van der Waals surface area contributed by atoms with Crippen molar-refractivity contribution in [1.82, 2.24) is 10.2 Å². The fourth-order valence-corrected chi connectivity index (χ4v) is 4.80. The van der Waals surface area contributed by atoms with Crippen molar-refractivity contribution in [2.75, 3.05) is 20.2 Å². The molecule has 2 heterocycles. The van der Waals surface area contributed by atoms with E-state index in [2.05, 4.69) is 5.32 Å². The number of ether oxygens (including phenoxy) is 1. The zero-order valence-electron chi connectivity index (χ0n) is 18.2. The zero-order chi connectivity index (χ0) is 24.1. The summed E-state index contributed by atoms with van der Waals surface area (Å²) in [7, 11) is 1.62. The van der Waals surface area contributed by atoms with Crippen LogP contribution in [-0.2, 0) is 16.0 Å². The van der Waals surface area contributed by atoms with Crippen LogP contribution in [0.1, 0.15) is 11.3 Å². The molecule has 0 unspecified atom stereocenters. The Morgan fingerprint density at radius 2 is 1.94 bits per heavy atom. The van der Waals surface area contributed by atoms with Gasteiger partial charge in [0.25, 0.3) is 5.91 Å². The van der Waals surface area contributed by atoms with E-state index in [0.717, 1.165) is 28.6 Å². The van der Waals surface area contributed by atoms with Crippen molar-refractivity contribution in [1.29, 1.82) is 0 Å². The van der Waals surface area contributed by atoms with Crippen LogP contribution in [-0.4, -0.2) is 41.2 Å². The van der Waals surface area contributed by atoms with Gasteiger partial charge in [0.1, 0.15) is 28.1 Å². The van der Waals surface area contributed by atoms with Gasteiger partial charge in [-0.25, -0.2) is 0 Å². The van der Waals surface area contributed by atoms with Crippen LogP contribution in [0.4, 0.5) is 0 Å². The number of nitrogens with zero attached hydrogens (tertiary/aromatic N) is 1. The lowest BCUT2D eigenvalue weighted by atomic mass is 10.1. The quantitative estimate of drug-likeness (QED) is 0.332. The molecular weight excluding hydrogens is 492 g/mol. The lowest BCUT2D eigenvalue weighted by Crippen LogP contribution is -2.40. The number of furan rings is 1. The van der Waals surface area contributed by atoms with E-state index in [9.17, 15) is 9.59 Å². The SMILES string of the molecule is COc1ccc(CCNC(=O)CN2C(=O)C(=Cc3ccc(-c4ccccc4Cl)o3)SC2=S)cc1. The fourth-order valence-electron chi connectivity index (χ4n) is 3.34. The molecular formula is C25H21ClN2O4S2. The fraction of sp³-hybridized carbons (Fsp3) is 0.160. The normalized spacial score (nSPS) is 14.6. The second-order valence-corrected chi connectivity index (χ2v) is 9.48. The molecule has 174 valence electrons. The smallest absolute Gasteiger partial charge is 0.266 e. The van der Waals surface area contributed by atoms with Gasteiger partial charge in [0.05, 0.1) is 17.0 Å². The van der Waals surface area contributed by atoms with Crippen LogP contribution in [0.15, 0.2) is 70.0 Å². The van der Waals surface area contributed by atoms with E-state index in [1.165, 1.54) is 4.90 Å². The number of rotatable bonds is 8. The van der Waals surface area contributed by atoms with E-state index in [0.29, 0.717) is 38.7 Å². The van der Waals surface area contributed by atoms with Gasteiger partial charge in [-0.3, -0.25) is 14.5 Å². The molecule has 4 rings (SSSR count). The summed E-state index contributed by atoms with van der Waals surface area (Å²) in [6.07, 6.45) is 2.29. The first-order chi connectivity index (χ1) is 16.4. The first-order valence-corrected chi connectivity index (χ1v) is 12.0. The number of hydrogen-bond donors (Lipinski definition) is 1. The van der Waals surface area contributed by atoms with Gasteiger partial charge in [-0.1, -0.05) is 59.8 Å². The number of carbonyl (C=O) groups is 2. The molecule has 0 spiro atoms. The highest BCUT2D eigenvalue weighted by Crippen LogP contribution is 2.34. The number of amides is 2. The Balaban J connectivity index is 1.33. The average Bonchev–Trinajstić information content (AvgIpc) is 3.40. The number of hydrogen-bond acceptors (Lipinski definition) is 6. The topological polar surface area (TPSA) is 71.8 Å². The molecule has 0 bridgehead atoms. The van der Waals surface area contributed by atoms with Gasteiger partial charge in [0.15, 0.2) is 0 Å². The highest BCUT2D eigenvalue weighted by atomic mass is 35.5. The minimum absolute atomic E-state index is 0.131. The van der Waals surface area contributed by atoms with Crippen molar-refractivity contribution in [2.45, 2.75) is 6.42 Å². The molecule has 2 amide bonds. The van der Waals surface area contributed by atoms with Gasteiger partial charge >= 0.3 is 0 Å². The Morgan fingerprint density at radius 1 is 1.18 bits per heavy atom. The third-order valence-electron chi connectivity index (χ3n) is 5.11. The number of carbonyl (C=O) groups excluding carboxylic acids is 2. The maximum Gasteiger partial charge on any atom is 0.266 e. The minimum atomic E-state index is -0.323. The summed E-state index contributed by atoms with van der Waals surface area (Å²) in [5.74, 6) is 1.29. The van der Waals surface area contributed by atoms with E-state index in [1.54, 1.807) is 31.4 Å². The van der Waals surface area contributed by atoms with Crippen LogP contribution < -0.4 is 10.1 Å². The van der Waals surface area contributed by atoms with Crippen LogP contribution >= 0.6 is 35.6 Å². The van der Waals surface area contributed by atoms with Crippen LogP contribution in [0.3, 0.4) is 0 Å². The van der Waals surface area contributed by atoms with Gasteiger partial charge in [-0.05, 0) is 48.4 Å². The van der Waals surface area contributed by atoms with Crippen molar-refractivity contribution >= 4 is 57.8 Å². The zero-order valence-corrected chi connectivity index (χ0v) is 20.6. The molecule has 34 heavy (non-hydrogen) atoms. The molecule has 0 aliphatic carbocycles. The molecule has 9 heteroatoms. The first-order valence-electron chi connectivity index (χ1n) is 10.4. The van der Waals surface area contributed by atoms with Crippen LogP contribution in [0.25, 0.3) is 17.4 Å². The predicted molar refractivity (Wildman–Crippen MR) is 139 cm³/mol. The molecule has 2 aromatic carbocycles. The Labute approximate surface area is 211 Å². The van der Waals surface area contributed by atoms with Gasteiger partial charge in [0, 0.05) is 18.2 Å². The number of benzene rings is 2. The van der Waals surface area contributed by atoms with Gasteiger partial charge in [0.2, 0.25) is 5.91 Å². The summed E-state index contributed by atoms with van der Waals surface area (Å²) in [4.78, 5) is 26.9. The molecule has 0 saturated carbocycles. The number of halogens is 1. The molecule has 1 aromatic heterocycles. The van der Waals surface area contributed by atoms with Crippen LogP contribution in [0.5, 0.6) is 5.75 Å². The predicted octanol–water partition coefficient (Wildman–Crippen LogP) is 5.17. The third-order valence-corrected chi connectivity index (χ3v) is 6.82. The van der Waals surface area contributed by atoms with E-state index in [-0.39, 0.29) is 18.4 Å². The third kappa shape index (κ3) is 5.70. The molecule has 1 fully saturated rings. The number of thioether (sulfide) groups is 1. The summed E-state index contributed by atoms with van der Waals surface area (Å²) in [6, 6.07) is 18.6. The van der Waals surface area contributed by atoms with Crippen molar-refractivity contribution in [2.24, 2.45) is 0 Å². The van der Waals surface area contributed by atoms with Crippen LogP contribution in [0.2, 0.25) is 5.02 Å². The summed E-state index contributed by atoms with van der Waals surface area (Å²) < 4.78 is 11.3. The van der Waals surface area contributed by atoms with Crippen molar-refractivity contribution in [3.8, 4) is 17.1 Å². The monoisotopic (exact) mass is 512 g/mol. The lowest BCUT2D eigenvalue weighted by molar-refractivity contribution is -0.128. The van der Waals surface area contributed by atoms with Crippen LogP contribution in [0, 0.1) is 0 Å². The Morgan fingerprint density at radius 3 is 2.68 bits per heavy atom. The Bertz CT molecular complexity index is 1250. The second-order valence-electron chi connectivity index (χ2n) is 7.40. The highest BCUT2D eigenvalue weighted by Gasteiger charge is 2.33. The second kappa shape index (κ2) is 10.9. The maximum atomic E-state index is 12.8. The molecule has 1 N–H and O–H groups in total. The molecule has 0 radical (unpaired) electrons. The van der Waals surface area contributed by atoms with E-state index in [1.807, 2.05) is 42.5 Å². The molecule has 1 aliphatic rings. The van der Waals surface area contributed by atoms with E-state index >= 15 is 0 Å². The minimum Gasteiger partial charge on any atom is -0.497 e. The lowest BCUT2D eigenvalue weighted by Gasteiger charge is -2.14. The molecule has 1 saturated heterocycles. The maximum absolute atomic E-state index is 12.8. The van der Waals surface area contributed by atoms with Crippen molar-refractivity contribution in [3.63, 3.8) is 0 Å². The molecule has 1 aliphatic heterocycles. The number of thiocarbonyl (C=S) groups is 1. The summed E-state index contributed by atoms with van der Waals surface area (Å²) in [6.45, 7) is 0.320.